The van der Waals surface area contributed by atoms with E-state index in [9.17, 15) is 0 Å². The Morgan fingerprint density at radius 3 is 1.41 bits per heavy atom. The molecule has 3 aliphatic rings. The molecule has 11 rings (SSSR count). The molecule has 0 unspecified atom stereocenters. The van der Waals surface area contributed by atoms with Gasteiger partial charge in [0.2, 0.25) is 0 Å². The van der Waals surface area contributed by atoms with Crippen molar-refractivity contribution in [2.45, 2.75) is 65.1 Å². The first-order valence-corrected chi connectivity index (χ1v) is 21.8. The molecule has 0 N–H and O–H groups in total. The van der Waals surface area contributed by atoms with E-state index in [-0.39, 0.29) is 17.5 Å². The molecule has 2 aliphatic heterocycles. The van der Waals surface area contributed by atoms with Crippen molar-refractivity contribution in [3.05, 3.63) is 198 Å². The number of hydrogen-bond acceptors (Lipinski definition) is 2. The fourth-order valence-electron chi connectivity index (χ4n) is 10.5. The van der Waals surface area contributed by atoms with E-state index in [1.54, 1.807) is 0 Å². The summed E-state index contributed by atoms with van der Waals surface area (Å²) in [6.07, 6.45) is 2.22. The SMILES string of the molecule is [2H]C([2H])([2H])c1cc2c3c(c1)N(c1cc4c(cc1C)C(C)(C)CCC4(C)C)c1ccc(-c4ccccc4)cc1B3c1cc(-c3ccccc3)ccc1N2c1ccc(-c2ccccc2)cc1. The first kappa shape index (κ1) is 34.2. The summed E-state index contributed by atoms with van der Waals surface area (Å²) < 4.78 is 27.0. The summed E-state index contributed by atoms with van der Waals surface area (Å²) in [4.78, 5) is 4.73. The van der Waals surface area contributed by atoms with Crippen LogP contribution in [0.3, 0.4) is 0 Å². The molecule has 2 nitrogen and oxygen atoms in total. The zero-order valence-electron chi connectivity index (χ0n) is 38.6. The van der Waals surface area contributed by atoms with Gasteiger partial charge in [-0.15, -0.1) is 0 Å². The molecule has 0 fully saturated rings. The van der Waals surface area contributed by atoms with E-state index in [4.69, 9.17) is 4.11 Å². The molecule has 8 aromatic carbocycles. The standard InChI is InChI=1S/C58H51BN2/c1-38-32-54-56-55(33-38)61(53-37-48-47(34-39(53)2)57(3,4)30-31-58(48,5)6)52-29-25-45(42-20-14-9-15-21-42)36-50(52)59(56)49-35-44(41-18-12-8-13-19-41)24-28-51(49)60(54)46-26-22-43(23-27-46)40-16-10-7-11-17-40/h7-29,32-37H,30-31H2,1-6H3/i1D3. The normalized spacial score (nSPS) is 16.3. The summed E-state index contributed by atoms with van der Waals surface area (Å²) in [5.74, 6) is 0. The number of fused-ring (bicyclic) bond motifs is 5. The molecule has 1 aliphatic carbocycles. The Morgan fingerprint density at radius 1 is 0.443 bits per heavy atom. The summed E-state index contributed by atoms with van der Waals surface area (Å²) in [5, 5.41) is 0. The molecule has 0 radical (unpaired) electrons. The third kappa shape index (κ3) is 6.08. The molecular weight excluding hydrogens is 735 g/mol. The van der Waals surface area contributed by atoms with Gasteiger partial charge in [0.15, 0.2) is 0 Å². The van der Waals surface area contributed by atoms with Crippen molar-refractivity contribution in [1.82, 2.24) is 0 Å². The molecule has 0 saturated heterocycles. The lowest BCUT2D eigenvalue weighted by atomic mass is 9.33. The van der Waals surface area contributed by atoms with Crippen LogP contribution in [0.2, 0.25) is 0 Å². The number of anilines is 6. The lowest BCUT2D eigenvalue weighted by Crippen LogP contribution is -2.61. The average Bonchev–Trinajstić information content (AvgIpc) is 3.31. The van der Waals surface area contributed by atoms with Gasteiger partial charge < -0.3 is 9.80 Å². The van der Waals surface area contributed by atoms with Crippen LogP contribution in [0, 0.1) is 13.8 Å². The van der Waals surface area contributed by atoms with E-state index in [1.165, 1.54) is 27.6 Å². The van der Waals surface area contributed by atoms with Gasteiger partial charge in [-0.1, -0.05) is 161 Å². The molecule has 0 atom stereocenters. The maximum absolute atomic E-state index is 8.99. The second-order valence-corrected chi connectivity index (χ2v) is 18.7. The van der Waals surface area contributed by atoms with Gasteiger partial charge in [-0.2, -0.15) is 0 Å². The van der Waals surface area contributed by atoms with E-state index in [0.717, 1.165) is 85.8 Å². The Labute approximate surface area is 366 Å². The topological polar surface area (TPSA) is 6.48 Å². The lowest BCUT2D eigenvalue weighted by Gasteiger charge is -2.46. The summed E-state index contributed by atoms with van der Waals surface area (Å²) in [5.41, 5.74) is 20.6. The first-order chi connectivity index (χ1) is 30.8. The highest BCUT2D eigenvalue weighted by molar-refractivity contribution is 7.00. The van der Waals surface area contributed by atoms with Crippen LogP contribution in [0.25, 0.3) is 33.4 Å². The van der Waals surface area contributed by atoms with Crippen molar-refractivity contribution in [1.29, 1.82) is 0 Å². The Kier molecular flexibility index (Phi) is 7.84. The number of benzene rings is 8. The molecule has 0 amide bonds. The van der Waals surface area contributed by atoms with Crippen LogP contribution >= 0.6 is 0 Å². The van der Waals surface area contributed by atoms with E-state index in [0.29, 0.717) is 5.56 Å². The predicted molar refractivity (Wildman–Crippen MR) is 262 cm³/mol. The van der Waals surface area contributed by atoms with Crippen LogP contribution in [0.15, 0.2) is 176 Å². The van der Waals surface area contributed by atoms with Gasteiger partial charge in [0.05, 0.1) is 0 Å². The highest BCUT2D eigenvalue weighted by Crippen LogP contribution is 2.51. The predicted octanol–water partition coefficient (Wildman–Crippen LogP) is 13.7. The average molecular weight is 790 g/mol. The van der Waals surface area contributed by atoms with Crippen LogP contribution in [0.4, 0.5) is 34.1 Å². The minimum atomic E-state index is -2.36. The number of rotatable bonds is 5. The van der Waals surface area contributed by atoms with Gasteiger partial charge in [-0.25, -0.2) is 0 Å². The number of nitrogens with zero attached hydrogens (tertiary/aromatic N) is 2. The third-order valence-corrected chi connectivity index (χ3v) is 13.9. The van der Waals surface area contributed by atoms with Crippen molar-refractivity contribution in [2.24, 2.45) is 0 Å². The maximum atomic E-state index is 8.99. The Morgan fingerprint density at radius 2 is 0.885 bits per heavy atom. The number of hydrogen-bond donors (Lipinski definition) is 0. The van der Waals surface area contributed by atoms with E-state index < -0.39 is 6.85 Å². The largest absolute Gasteiger partial charge is 0.311 e. The van der Waals surface area contributed by atoms with Gasteiger partial charge in [0, 0.05) is 38.2 Å². The van der Waals surface area contributed by atoms with Gasteiger partial charge in [-0.3, -0.25) is 0 Å². The molecule has 0 aromatic heterocycles. The van der Waals surface area contributed by atoms with E-state index in [1.807, 2.05) is 18.2 Å². The van der Waals surface area contributed by atoms with E-state index in [2.05, 4.69) is 202 Å². The fraction of sp³-hybridized carbons (Fsp3) is 0.172. The second kappa shape index (κ2) is 14.0. The Hall–Kier alpha value is -6.58. The Balaban J connectivity index is 1.24. The maximum Gasteiger partial charge on any atom is 0.252 e. The zero-order chi connectivity index (χ0) is 44.1. The molecule has 0 bridgehead atoms. The third-order valence-electron chi connectivity index (χ3n) is 13.9. The first-order valence-electron chi connectivity index (χ1n) is 23.3. The highest BCUT2D eigenvalue weighted by Gasteiger charge is 2.45. The molecule has 2 heterocycles. The summed E-state index contributed by atoms with van der Waals surface area (Å²) in [7, 11) is 0. The minimum Gasteiger partial charge on any atom is -0.311 e. The van der Waals surface area contributed by atoms with Gasteiger partial charge in [-0.05, 0) is 152 Å². The van der Waals surface area contributed by atoms with Crippen molar-refractivity contribution in [2.75, 3.05) is 9.80 Å². The van der Waals surface area contributed by atoms with Crippen molar-refractivity contribution >= 4 is 57.2 Å². The van der Waals surface area contributed by atoms with Gasteiger partial charge in [0.1, 0.15) is 0 Å². The van der Waals surface area contributed by atoms with Crippen LogP contribution in [0.5, 0.6) is 0 Å². The fourth-order valence-corrected chi connectivity index (χ4v) is 10.5. The zero-order valence-corrected chi connectivity index (χ0v) is 35.6. The lowest BCUT2D eigenvalue weighted by molar-refractivity contribution is 0.332. The molecule has 0 saturated carbocycles. The van der Waals surface area contributed by atoms with Crippen molar-refractivity contribution in [3.8, 4) is 33.4 Å². The number of aryl methyl sites for hydroxylation is 2. The van der Waals surface area contributed by atoms with Gasteiger partial charge in [0.25, 0.3) is 6.71 Å². The molecule has 8 aromatic rings. The minimum absolute atomic E-state index is 0.0267. The summed E-state index contributed by atoms with van der Waals surface area (Å²) >= 11 is 0. The van der Waals surface area contributed by atoms with Crippen molar-refractivity contribution < 1.29 is 4.11 Å². The smallest absolute Gasteiger partial charge is 0.252 e. The summed E-state index contributed by atoms with van der Waals surface area (Å²) in [6, 6.07) is 63.0. The Bertz CT molecular complexity index is 3100. The molecular formula is C58H51BN2. The quantitative estimate of drug-likeness (QED) is 0.160. The molecule has 3 heteroatoms. The second-order valence-electron chi connectivity index (χ2n) is 18.7. The van der Waals surface area contributed by atoms with Crippen LogP contribution in [0.1, 0.15) is 66.9 Å². The van der Waals surface area contributed by atoms with Crippen LogP contribution in [-0.2, 0) is 10.8 Å². The molecule has 0 spiro atoms. The van der Waals surface area contributed by atoms with Gasteiger partial charge >= 0.3 is 0 Å². The van der Waals surface area contributed by atoms with Crippen molar-refractivity contribution in [3.63, 3.8) is 0 Å². The molecule has 61 heavy (non-hydrogen) atoms. The molecule has 296 valence electrons. The summed E-state index contributed by atoms with van der Waals surface area (Å²) in [6.45, 7) is 9.20. The van der Waals surface area contributed by atoms with Crippen LogP contribution < -0.4 is 26.2 Å². The highest BCUT2D eigenvalue weighted by atomic mass is 15.2. The van der Waals surface area contributed by atoms with Crippen LogP contribution in [-0.4, -0.2) is 6.71 Å². The monoisotopic (exact) mass is 789 g/mol. The van der Waals surface area contributed by atoms with E-state index >= 15 is 0 Å².